The molecular formula is C35H43F2N5O. The van der Waals surface area contributed by atoms with Gasteiger partial charge in [0.2, 0.25) is 0 Å². The topological polar surface area (TPSA) is 61.4 Å². The zero-order valence-corrected chi connectivity index (χ0v) is 25.1. The van der Waals surface area contributed by atoms with E-state index in [1.807, 2.05) is 36.7 Å². The molecule has 1 N–H and O–H groups in total. The van der Waals surface area contributed by atoms with Crippen molar-refractivity contribution in [2.24, 2.45) is 11.8 Å². The molecule has 228 valence electrons. The summed E-state index contributed by atoms with van der Waals surface area (Å²) in [7, 11) is 0. The first-order chi connectivity index (χ1) is 20.8. The van der Waals surface area contributed by atoms with Gasteiger partial charge in [-0.15, -0.1) is 0 Å². The molecule has 3 aromatic rings. The Bertz CT molecular complexity index is 1350. The first kappa shape index (κ1) is 29.7. The molecule has 6 rings (SSSR count). The Labute approximate surface area is 253 Å². The summed E-state index contributed by atoms with van der Waals surface area (Å²) in [6.45, 7) is 5.74. The van der Waals surface area contributed by atoms with Gasteiger partial charge >= 0.3 is 0 Å². The Balaban J connectivity index is 0.966. The van der Waals surface area contributed by atoms with E-state index in [-0.39, 0.29) is 17.5 Å². The Morgan fingerprint density at radius 3 is 2.30 bits per heavy atom. The highest BCUT2D eigenvalue weighted by Gasteiger charge is 2.34. The molecule has 2 aromatic heterocycles. The second-order valence-electron chi connectivity index (χ2n) is 12.9. The third-order valence-corrected chi connectivity index (χ3v) is 9.96. The number of carbonyl (C=O) groups excluding carboxylic acids is 1. The molecule has 4 heterocycles. The number of nitrogens with zero attached hydrogens (tertiary/aromatic N) is 4. The van der Waals surface area contributed by atoms with Gasteiger partial charge in [-0.2, -0.15) is 0 Å². The zero-order valence-electron chi connectivity index (χ0n) is 25.1. The summed E-state index contributed by atoms with van der Waals surface area (Å²) in [4.78, 5) is 26.7. The first-order valence-corrected chi connectivity index (χ1v) is 15.9. The Hall–Kier alpha value is -3.39. The van der Waals surface area contributed by atoms with Crippen LogP contribution < -0.4 is 10.2 Å². The number of carbonyl (C=O) groups is 1. The fraction of sp³-hybridized carbons (Fsp3) is 0.514. The van der Waals surface area contributed by atoms with Gasteiger partial charge in [0, 0.05) is 92.7 Å². The number of amides is 1. The van der Waals surface area contributed by atoms with Gasteiger partial charge in [-0.25, -0.2) is 8.78 Å². The minimum absolute atomic E-state index is 0.00819. The van der Waals surface area contributed by atoms with Crippen LogP contribution in [-0.4, -0.2) is 53.0 Å². The van der Waals surface area contributed by atoms with E-state index in [2.05, 4.69) is 32.2 Å². The smallest absolute Gasteiger partial charge is 0.270 e. The SMILES string of the molecule is CC(F)(F)c1ccc(N2CCC(C3CCC(c4cc(C(=O)NC5CCN(Cc6ccncc6)CC5)ccn4)C3)CC2)cc1. The van der Waals surface area contributed by atoms with Crippen LogP contribution in [0.5, 0.6) is 0 Å². The van der Waals surface area contributed by atoms with Gasteiger partial charge in [0.05, 0.1) is 0 Å². The van der Waals surface area contributed by atoms with E-state index < -0.39 is 5.92 Å². The average Bonchev–Trinajstić information content (AvgIpc) is 3.53. The van der Waals surface area contributed by atoms with E-state index in [1.165, 1.54) is 12.0 Å². The van der Waals surface area contributed by atoms with Gasteiger partial charge in [0.25, 0.3) is 11.8 Å². The number of hydrogen-bond donors (Lipinski definition) is 1. The van der Waals surface area contributed by atoms with Crippen LogP contribution >= 0.6 is 0 Å². The van der Waals surface area contributed by atoms with Crippen molar-refractivity contribution in [3.63, 3.8) is 0 Å². The number of likely N-dealkylation sites (tertiary alicyclic amines) is 1. The number of pyridine rings is 2. The molecule has 2 aliphatic heterocycles. The Kier molecular flexibility index (Phi) is 9.03. The zero-order chi connectivity index (χ0) is 29.8. The van der Waals surface area contributed by atoms with Crippen LogP contribution in [0.4, 0.5) is 14.5 Å². The predicted octanol–water partition coefficient (Wildman–Crippen LogP) is 6.78. The fourth-order valence-electron chi connectivity index (χ4n) is 7.37. The maximum atomic E-state index is 13.6. The predicted molar refractivity (Wildman–Crippen MR) is 165 cm³/mol. The molecule has 3 fully saturated rings. The quantitative estimate of drug-likeness (QED) is 0.315. The summed E-state index contributed by atoms with van der Waals surface area (Å²) < 4.78 is 27.2. The molecule has 43 heavy (non-hydrogen) atoms. The number of rotatable bonds is 8. The van der Waals surface area contributed by atoms with Crippen LogP contribution in [0.25, 0.3) is 0 Å². The van der Waals surface area contributed by atoms with Crippen molar-refractivity contribution in [2.45, 2.75) is 76.3 Å². The number of hydrogen-bond acceptors (Lipinski definition) is 5. The van der Waals surface area contributed by atoms with Gasteiger partial charge in [-0.1, -0.05) is 12.1 Å². The van der Waals surface area contributed by atoms with Crippen molar-refractivity contribution >= 4 is 11.6 Å². The lowest BCUT2D eigenvalue weighted by Gasteiger charge is -2.36. The lowest BCUT2D eigenvalue weighted by Crippen LogP contribution is -2.44. The van der Waals surface area contributed by atoms with Crippen molar-refractivity contribution in [1.29, 1.82) is 0 Å². The molecule has 0 bridgehead atoms. The number of alkyl halides is 2. The third-order valence-electron chi connectivity index (χ3n) is 9.96. The molecule has 1 aromatic carbocycles. The largest absolute Gasteiger partial charge is 0.372 e. The number of anilines is 1. The molecule has 2 atom stereocenters. The molecular weight excluding hydrogens is 544 g/mol. The fourth-order valence-corrected chi connectivity index (χ4v) is 7.37. The van der Waals surface area contributed by atoms with E-state index in [1.54, 1.807) is 18.3 Å². The van der Waals surface area contributed by atoms with Crippen molar-refractivity contribution < 1.29 is 13.6 Å². The highest BCUT2D eigenvalue weighted by molar-refractivity contribution is 5.94. The molecule has 1 saturated carbocycles. The van der Waals surface area contributed by atoms with Gasteiger partial charge in [0.15, 0.2) is 0 Å². The number of nitrogens with one attached hydrogen (secondary N) is 1. The summed E-state index contributed by atoms with van der Waals surface area (Å²) in [6, 6.07) is 15.0. The third kappa shape index (κ3) is 7.40. The van der Waals surface area contributed by atoms with Crippen LogP contribution in [0.2, 0.25) is 0 Å². The molecule has 0 spiro atoms. The number of aromatic nitrogens is 2. The Morgan fingerprint density at radius 2 is 1.60 bits per heavy atom. The second kappa shape index (κ2) is 13.1. The number of benzene rings is 1. The van der Waals surface area contributed by atoms with Gasteiger partial charge in [-0.05, 0) is 98.7 Å². The van der Waals surface area contributed by atoms with Crippen LogP contribution in [0, 0.1) is 11.8 Å². The minimum atomic E-state index is -2.80. The summed E-state index contributed by atoms with van der Waals surface area (Å²) in [6.07, 6.45) is 13.1. The molecule has 3 aliphatic rings. The summed E-state index contributed by atoms with van der Waals surface area (Å²) >= 11 is 0. The van der Waals surface area contributed by atoms with Crippen molar-refractivity contribution in [3.05, 3.63) is 89.5 Å². The lowest BCUT2D eigenvalue weighted by atomic mass is 9.82. The minimum Gasteiger partial charge on any atom is -0.372 e. The molecule has 2 saturated heterocycles. The molecule has 6 nitrogen and oxygen atoms in total. The normalized spacial score (nSPS) is 22.5. The molecule has 2 unspecified atom stereocenters. The van der Waals surface area contributed by atoms with Crippen LogP contribution in [0.15, 0.2) is 67.1 Å². The highest BCUT2D eigenvalue weighted by Crippen LogP contribution is 2.44. The first-order valence-electron chi connectivity index (χ1n) is 15.9. The number of piperidine rings is 2. The summed E-state index contributed by atoms with van der Waals surface area (Å²) in [5.41, 5.74) is 4.14. The van der Waals surface area contributed by atoms with Gasteiger partial charge < -0.3 is 10.2 Å². The summed E-state index contributed by atoms with van der Waals surface area (Å²) in [5.74, 6) is -1.05. The molecule has 1 aliphatic carbocycles. The monoisotopic (exact) mass is 587 g/mol. The van der Waals surface area contributed by atoms with Gasteiger partial charge in [-0.3, -0.25) is 19.7 Å². The van der Waals surface area contributed by atoms with E-state index in [0.717, 1.165) is 89.6 Å². The van der Waals surface area contributed by atoms with E-state index in [4.69, 9.17) is 4.98 Å². The highest BCUT2D eigenvalue weighted by atomic mass is 19.3. The molecule has 0 radical (unpaired) electrons. The number of halogens is 2. The van der Waals surface area contributed by atoms with Crippen LogP contribution in [0.3, 0.4) is 0 Å². The van der Waals surface area contributed by atoms with E-state index in [9.17, 15) is 13.6 Å². The maximum absolute atomic E-state index is 13.6. The summed E-state index contributed by atoms with van der Waals surface area (Å²) in [5, 5.41) is 3.28. The Morgan fingerprint density at radius 1 is 0.884 bits per heavy atom. The van der Waals surface area contributed by atoms with Crippen LogP contribution in [-0.2, 0) is 12.5 Å². The maximum Gasteiger partial charge on any atom is 0.270 e. The lowest BCUT2D eigenvalue weighted by molar-refractivity contribution is 0.0175. The van der Waals surface area contributed by atoms with E-state index in [0.29, 0.717) is 23.3 Å². The molecule has 1 amide bonds. The van der Waals surface area contributed by atoms with Crippen LogP contribution in [0.1, 0.15) is 85.0 Å². The standard InChI is InChI=1S/C35H43F2N5O/c1-35(36,37)30-4-6-32(7-5-30)42-20-11-26(12-21-42)27-2-3-28(22-27)33-23-29(10-17-39-33)34(43)40-31-13-18-41(19-14-31)24-25-8-15-38-16-9-25/h4-10,15-17,23,26-28,31H,2-3,11-14,18-22,24H2,1H3,(H,40,43). The van der Waals surface area contributed by atoms with Crippen molar-refractivity contribution in [1.82, 2.24) is 20.2 Å². The van der Waals surface area contributed by atoms with Crippen molar-refractivity contribution in [3.8, 4) is 0 Å². The molecule has 8 heteroatoms. The van der Waals surface area contributed by atoms with Gasteiger partial charge in [0.1, 0.15) is 0 Å². The second-order valence-corrected chi connectivity index (χ2v) is 12.9. The van der Waals surface area contributed by atoms with E-state index >= 15 is 0 Å². The van der Waals surface area contributed by atoms with Crippen molar-refractivity contribution in [2.75, 3.05) is 31.1 Å². The average molecular weight is 588 g/mol.